The zero-order chi connectivity index (χ0) is 8.81. The van der Waals surface area contributed by atoms with Crippen LogP contribution in [0.4, 0.5) is 0 Å². The predicted octanol–water partition coefficient (Wildman–Crippen LogP) is 0.715. The molecule has 3 nitrogen and oxygen atoms in total. The number of carbonyl (C=O) groups is 1. The third-order valence-corrected chi connectivity index (χ3v) is 2.00. The Labute approximate surface area is 72.8 Å². The molecule has 0 aromatic carbocycles. The second-order valence-electron chi connectivity index (χ2n) is 3.03. The van der Waals surface area contributed by atoms with E-state index in [2.05, 4.69) is 11.9 Å². The third kappa shape index (κ3) is 3.05. The Morgan fingerprint density at radius 1 is 1.75 bits per heavy atom. The molecule has 0 saturated carbocycles. The van der Waals surface area contributed by atoms with Gasteiger partial charge in [0, 0.05) is 13.2 Å². The summed E-state index contributed by atoms with van der Waals surface area (Å²) in [4.78, 5) is 10.8. The highest BCUT2D eigenvalue weighted by Crippen LogP contribution is 2.11. The van der Waals surface area contributed by atoms with Gasteiger partial charge in [-0.15, -0.1) is 0 Å². The second kappa shape index (κ2) is 4.93. The lowest BCUT2D eigenvalue weighted by molar-refractivity contribution is -0.116. The standard InChI is InChI=1S/C9H15NO2/c1-2-9(11)10-6-8-4-3-5-12-7-8/h2,8H,1,3-7H2,(H,10,11). The fourth-order valence-corrected chi connectivity index (χ4v) is 1.29. The molecule has 1 saturated heterocycles. The van der Waals surface area contributed by atoms with Crippen LogP contribution in [-0.4, -0.2) is 25.7 Å². The van der Waals surface area contributed by atoms with E-state index in [4.69, 9.17) is 4.74 Å². The van der Waals surface area contributed by atoms with Gasteiger partial charge in [0.25, 0.3) is 0 Å². The first-order valence-corrected chi connectivity index (χ1v) is 4.31. The summed E-state index contributed by atoms with van der Waals surface area (Å²) in [5.74, 6) is 0.392. The molecule has 1 heterocycles. The van der Waals surface area contributed by atoms with Crippen LogP contribution >= 0.6 is 0 Å². The molecule has 0 spiro atoms. The monoisotopic (exact) mass is 169 g/mol. The van der Waals surface area contributed by atoms with Crippen molar-refractivity contribution in [1.29, 1.82) is 0 Å². The third-order valence-electron chi connectivity index (χ3n) is 2.00. The molecule has 1 atom stereocenters. The Balaban J connectivity index is 2.12. The molecule has 1 aliphatic rings. The van der Waals surface area contributed by atoms with Gasteiger partial charge in [0.1, 0.15) is 0 Å². The molecule has 1 amide bonds. The number of rotatable bonds is 3. The Hall–Kier alpha value is -0.830. The summed E-state index contributed by atoms with van der Waals surface area (Å²) in [6.07, 6.45) is 3.55. The van der Waals surface area contributed by atoms with E-state index < -0.39 is 0 Å². The summed E-state index contributed by atoms with van der Waals surface area (Å²) in [6, 6.07) is 0. The minimum atomic E-state index is -0.0967. The molecule has 0 bridgehead atoms. The van der Waals surface area contributed by atoms with E-state index in [0.717, 1.165) is 26.1 Å². The first kappa shape index (κ1) is 9.26. The summed E-state index contributed by atoms with van der Waals surface area (Å²) in [7, 11) is 0. The van der Waals surface area contributed by atoms with Crippen molar-refractivity contribution >= 4 is 5.91 Å². The minimum absolute atomic E-state index is 0.0967. The van der Waals surface area contributed by atoms with Crippen LogP contribution in [0.2, 0.25) is 0 Å². The molecule has 0 radical (unpaired) electrons. The van der Waals surface area contributed by atoms with Gasteiger partial charge in [0.15, 0.2) is 0 Å². The zero-order valence-corrected chi connectivity index (χ0v) is 7.21. The van der Waals surface area contributed by atoms with Gasteiger partial charge in [-0.2, -0.15) is 0 Å². The molecule has 3 heteroatoms. The van der Waals surface area contributed by atoms with E-state index in [9.17, 15) is 4.79 Å². The van der Waals surface area contributed by atoms with Crippen LogP contribution in [0.15, 0.2) is 12.7 Å². The Bertz CT molecular complexity index is 162. The van der Waals surface area contributed by atoms with Crippen molar-refractivity contribution in [2.45, 2.75) is 12.8 Å². The number of hydrogen-bond donors (Lipinski definition) is 1. The van der Waals surface area contributed by atoms with Crippen LogP contribution in [0.3, 0.4) is 0 Å². The van der Waals surface area contributed by atoms with Crippen LogP contribution in [0.1, 0.15) is 12.8 Å². The molecule has 0 aliphatic carbocycles. The average Bonchev–Trinajstić information content (AvgIpc) is 2.16. The summed E-state index contributed by atoms with van der Waals surface area (Å²) >= 11 is 0. The highest BCUT2D eigenvalue weighted by Gasteiger charge is 2.13. The molecule has 1 N–H and O–H groups in total. The highest BCUT2D eigenvalue weighted by molar-refractivity contribution is 5.86. The average molecular weight is 169 g/mol. The molecule has 1 aliphatic heterocycles. The molecule has 12 heavy (non-hydrogen) atoms. The van der Waals surface area contributed by atoms with Gasteiger partial charge in [0.2, 0.25) is 5.91 Å². The molecule has 1 fully saturated rings. The van der Waals surface area contributed by atoms with Gasteiger partial charge in [-0.3, -0.25) is 4.79 Å². The second-order valence-corrected chi connectivity index (χ2v) is 3.03. The van der Waals surface area contributed by atoms with Crippen molar-refractivity contribution < 1.29 is 9.53 Å². The lowest BCUT2D eigenvalue weighted by Crippen LogP contribution is -2.32. The molecular weight excluding hydrogens is 154 g/mol. The maximum Gasteiger partial charge on any atom is 0.243 e. The first-order valence-electron chi connectivity index (χ1n) is 4.31. The smallest absolute Gasteiger partial charge is 0.243 e. The Kier molecular flexibility index (Phi) is 3.80. The van der Waals surface area contributed by atoms with Gasteiger partial charge in [0.05, 0.1) is 6.61 Å². The molecule has 1 unspecified atom stereocenters. The molecule has 0 aromatic heterocycles. The summed E-state index contributed by atoms with van der Waals surface area (Å²) in [5, 5.41) is 2.77. The van der Waals surface area contributed by atoms with Crippen molar-refractivity contribution in [1.82, 2.24) is 5.32 Å². The normalized spacial score (nSPS) is 23.2. The maximum atomic E-state index is 10.8. The topological polar surface area (TPSA) is 38.3 Å². The molecule has 68 valence electrons. The van der Waals surface area contributed by atoms with E-state index in [1.54, 1.807) is 0 Å². The fourth-order valence-electron chi connectivity index (χ4n) is 1.29. The Morgan fingerprint density at radius 2 is 2.58 bits per heavy atom. The fraction of sp³-hybridized carbons (Fsp3) is 0.667. The van der Waals surface area contributed by atoms with E-state index in [-0.39, 0.29) is 5.91 Å². The van der Waals surface area contributed by atoms with Crippen LogP contribution in [0.5, 0.6) is 0 Å². The lowest BCUT2D eigenvalue weighted by atomic mass is 10.0. The lowest BCUT2D eigenvalue weighted by Gasteiger charge is -2.21. The van der Waals surface area contributed by atoms with Gasteiger partial charge in [-0.1, -0.05) is 6.58 Å². The minimum Gasteiger partial charge on any atom is -0.381 e. The van der Waals surface area contributed by atoms with Crippen molar-refractivity contribution in [2.24, 2.45) is 5.92 Å². The quantitative estimate of drug-likeness (QED) is 0.632. The van der Waals surface area contributed by atoms with Crippen LogP contribution in [0, 0.1) is 5.92 Å². The van der Waals surface area contributed by atoms with Crippen LogP contribution in [-0.2, 0) is 9.53 Å². The highest BCUT2D eigenvalue weighted by atomic mass is 16.5. The number of carbonyl (C=O) groups excluding carboxylic acids is 1. The SMILES string of the molecule is C=CC(=O)NCC1CCCOC1. The number of amides is 1. The molecule has 1 rings (SSSR count). The number of hydrogen-bond acceptors (Lipinski definition) is 2. The van der Waals surface area contributed by atoms with E-state index in [0.29, 0.717) is 12.5 Å². The van der Waals surface area contributed by atoms with E-state index in [1.807, 2.05) is 0 Å². The van der Waals surface area contributed by atoms with Crippen molar-refractivity contribution in [3.63, 3.8) is 0 Å². The zero-order valence-electron chi connectivity index (χ0n) is 7.21. The summed E-state index contributed by atoms with van der Waals surface area (Å²) in [6.45, 7) is 5.74. The van der Waals surface area contributed by atoms with Gasteiger partial charge < -0.3 is 10.1 Å². The first-order chi connectivity index (χ1) is 5.83. The van der Waals surface area contributed by atoms with E-state index in [1.165, 1.54) is 6.08 Å². The van der Waals surface area contributed by atoms with Crippen molar-refractivity contribution in [3.8, 4) is 0 Å². The summed E-state index contributed by atoms with van der Waals surface area (Å²) in [5.41, 5.74) is 0. The number of ether oxygens (including phenoxy) is 1. The summed E-state index contributed by atoms with van der Waals surface area (Å²) < 4.78 is 5.27. The maximum absolute atomic E-state index is 10.8. The van der Waals surface area contributed by atoms with Gasteiger partial charge in [-0.25, -0.2) is 0 Å². The Morgan fingerprint density at radius 3 is 3.17 bits per heavy atom. The van der Waals surface area contributed by atoms with Gasteiger partial charge >= 0.3 is 0 Å². The molecular formula is C9H15NO2. The van der Waals surface area contributed by atoms with Crippen molar-refractivity contribution in [3.05, 3.63) is 12.7 Å². The number of nitrogens with one attached hydrogen (secondary N) is 1. The molecule has 0 aromatic rings. The largest absolute Gasteiger partial charge is 0.381 e. The van der Waals surface area contributed by atoms with Gasteiger partial charge in [-0.05, 0) is 24.8 Å². The van der Waals surface area contributed by atoms with Crippen molar-refractivity contribution in [2.75, 3.05) is 19.8 Å². The van der Waals surface area contributed by atoms with Crippen LogP contribution < -0.4 is 5.32 Å². The predicted molar refractivity (Wildman–Crippen MR) is 46.7 cm³/mol. The van der Waals surface area contributed by atoms with Crippen LogP contribution in [0.25, 0.3) is 0 Å². The van der Waals surface area contributed by atoms with E-state index >= 15 is 0 Å².